The summed E-state index contributed by atoms with van der Waals surface area (Å²) in [6, 6.07) is 0. The van der Waals surface area contributed by atoms with E-state index in [1.54, 1.807) is 0 Å². The van der Waals surface area contributed by atoms with Crippen molar-refractivity contribution in [3.8, 4) is 0 Å². The molecule has 9 unspecified atom stereocenters. The van der Waals surface area contributed by atoms with Crippen LogP contribution < -0.4 is 0 Å². The lowest BCUT2D eigenvalue weighted by Crippen LogP contribution is -2.69. The summed E-state index contributed by atoms with van der Waals surface area (Å²) in [7, 11) is 0. The molecule has 0 bridgehead atoms. The molecule has 13 atom stereocenters. The fraction of sp³-hybridized carbons (Fsp3) is 0.848. The number of aliphatic hydroxyl groups is 2. The highest BCUT2D eigenvalue weighted by Gasteiger charge is 2.73. The average molecular weight is 619 g/mol. The molecule has 44 heavy (non-hydrogen) atoms. The molecule has 3 aliphatic heterocycles. The fourth-order valence-corrected chi connectivity index (χ4v) is 10.9. The van der Waals surface area contributed by atoms with E-state index in [9.17, 15) is 24.6 Å². The highest BCUT2D eigenvalue weighted by atomic mass is 16.7. The highest BCUT2D eigenvalue weighted by Crippen LogP contribution is 2.70. The molecule has 2 N–H and O–H groups in total. The van der Waals surface area contributed by atoms with Gasteiger partial charge in [0.1, 0.15) is 38.0 Å². The summed E-state index contributed by atoms with van der Waals surface area (Å²) in [6.45, 7) is 6.11. The number of ether oxygens (including phenoxy) is 6. The molecule has 4 aliphatic carbocycles. The third kappa shape index (κ3) is 4.47. The normalized spacial score (nSPS) is 51.3. The number of rotatable bonds is 6. The van der Waals surface area contributed by atoms with Crippen LogP contribution >= 0.6 is 0 Å². The van der Waals surface area contributed by atoms with Crippen LogP contribution in [0.25, 0.3) is 0 Å². The Balaban J connectivity index is 1.11. The number of aldehydes is 1. The third-order valence-corrected chi connectivity index (χ3v) is 12.8. The van der Waals surface area contributed by atoms with Crippen molar-refractivity contribution in [3.05, 3.63) is 11.6 Å². The standard InChI is InChI=1S/C33H46O11/c1-18-10-24-29(42-17-41-24)26(43-18)15-39-21-4-8-31(16-34)22-5-7-30(3)28(20-11-27(36)40-14-20)25(44-19(2)35)13-33(30,38)23(22)6-9-32(31,37)12-21/h11,16,18,21-26,28-29,37-38H,4-10,12-15,17H2,1-3H3/t18-,21?,22?,23?,24-,25?,26+,28?,29-,30?,31?,32?,33?/m1/s1. The smallest absolute Gasteiger partial charge is 0.331 e. The predicted octanol–water partition coefficient (Wildman–Crippen LogP) is 2.38. The zero-order valence-corrected chi connectivity index (χ0v) is 25.9. The molecule has 0 radical (unpaired) electrons. The molecule has 2 saturated heterocycles. The molecular formula is C33H46O11. The van der Waals surface area contributed by atoms with Gasteiger partial charge in [-0.3, -0.25) is 4.79 Å². The molecule has 0 aromatic carbocycles. The molecule has 11 heteroatoms. The predicted molar refractivity (Wildman–Crippen MR) is 152 cm³/mol. The van der Waals surface area contributed by atoms with E-state index < -0.39 is 40.1 Å². The second kappa shape index (κ2) is 10.8. The number of carbonyl (C=O) groups is 3. The molecule has 0 amide bonds. The van der Waals surface area contributed by atoms with Gasteiger partial charge in [0.15, 0.2) is 0 Å². The van der Waals surface area contributed by atoms with Crippen LogP contribution in [0.1, 0.15) is 78.6 Å². The Kier molecular flexibility index (Phi) is 7.58. The van der Waals surface area contributed by atoms with Gasteiger partial charge in [-0.05, 0) is 62.9 Å². The molecule has 0 aromatic heterocycles. The lowest BCUT2D eigenvalue weighted by atomic mass is 9.41. The van der Waals surface area contributed by atoms with E-state index in [0.29, 0.717) is 51.6 Å². The molecule has 244 valence electrons. The Hall–Kier alpha value is -1.89. The Labute approximate surface area is 257 Å². The lowest BCUT2D eigenvalue weighted by Gasteiger charge is -2.65. The first-order valence-electron chi connectivity index (χ1n) is 16.4. The van der Waals surface area contributed by atoms with Gasteiger partial charge >= 0.3 is 11.9 Å². The van der Waals surface area contributed by atoms with Gasteiger partial charge < -0.3 is 43.4 Å². The van der Waals surface area contributed by atoms with E-state index in [2.05, 4.69) is 0 Å². The van der Waals surface area contributed by atoms with Crippen LogP contribution in [0.3, 0.4) is 0 Å². The molecule has 11 nitrogen and oxygen atoms in total. The minimum atomic E-state index is -1.26. The number of cyclic esters (lactones) is 1. The average Bonchev–Trinajstić information content (AvgIpc) is 3.66. The van der Waals surface area contributed by atoms with Crippen molar-refractivity contribution in [1.29, 1.82) is 0 Å². The highest BCUT2D eigenvalue weighted by molar-refractivity contribution is 5.85. The molecule has 7 rings (SSSR count). The van der Waals surface area contributed by atoms with Gasteiger partial charge in [0, 0.05) is 43.6 Å². The lowest BCUT2D eigenvalue weighted by molar-refractivity contribution is -0.253. The summed E-state index contributed by atoms with van der Waals surface area (Å²) < 4.78 is 35.1. The van der Waals surface area contributed by atoms with Crippen LogP contribution in [0.2, 0.25) is 0 Å². The van der Waals surface area contributed by atoms with Crippen molar-refractivity contribution in [1.82, 2.24) is 0 Å². The van der Waals surface area contributed by atoms with Gasteiger partial charge in [0.2, 0.25) is 0 Å². The first kappa shape index (κ1) is 30.7. The maximum atomic E-state index is 13.2. The number of fused-ring (bicyclic) bond motifs is 6. The van der Waals surface area contributed by atoms with Gasteiger partial charge in [-0.1, -0.05) is 6.92 Å². The minimum Gasteiger partial charge on any atom is -0.462 e. The Bertz CT molecular complexity index is 1220. The van der Waals surface area contributed by atoms with Crippen LogP contribution in [0.4, 0.5) is 0 Å². The van der Waals surface area contributed by atoms with Crippen molar-refractivity contribution < 1.29 is 53.0 Å². The van der Waals surface area contributed by atoms with Crippen molar-refractivity contribution in [2.24, 2.45) is 28.6 Å². The SMILES string of the molecule is CC(=O)OC1CC2(O)C3CCC4(O)CC(OC[C@@H]5O[C@H](C)C[C@H]6OCO[C@@H]56)CCC4(C=O)C3CCC2(C)C1C1=CC(=O)OC1. The van der Waals surface area contributed by atoms with Crippen LogP contribution in [0, 0.1) is 28.6 Å². The number of hydrogen-bond acceptors (Lipinski definition) is 11. The van der Waals surface area contributed by atoms with Gasteiger partial charge in [-0.25, -0.2) is 4.79 Å². The maximum absolute atomic E-state index is 13.2. The van der Waals surface area contributed by atoms with Crippen LogP contribution in [0.15, 0.2) is 11.6 Å². The summed E-state index contributed by atoms with van der Waals surface area (Å²) in [5.41, 5.74) is -3.50. The molecule has 0 spiro atoms. The number of esters is 2. The van der Waals surface area contributed by atoms with Crippen molar-refractivity contribution in [2.45, 2.75) is 126 Å². The van der Waals surface area contributed by atoms with Crippen molar-refractivity contribution in [2.75, 3.05) is 20.0 Å². The minimum absolute atomic E-state index is 0.00253. The second-order valence-corrected chi connectivity index (χ2v) is 14.9. The number of carbonyl (C=O) groups excluding carboxylic acids is 3. The largest absolute Gasteiger partial charge is 0.462 e. The molecule has 3 heterocycles. The fourth-order valence-electron chi connectivity index (χ4n) is 10.9. The first-order valence-corrected chi connectivity index (χ1v) is 16.4. The van der Waals surface area contributed by atoms with Gasteiger partial charge in [-0.15, -0.1) is 0 Å². The first-order chi connectivity index (χ1) is 20.9. The monoisotopic (exact) mass is 618 g/mol. The van der Waals surface area contributed by atoms with Crippen molar-refractivity contribution in [3.63, 3.8) is 0 Å². The Morgan fingerprint density at radius 1 is 1.11 bits per heavy atom. The molecule has 7 aliphatic rings. The maximum Gasteiger partial charge on any atom is 0.331 e. The summed E-state index contributed by atoms with van der Waals surface area (Å²) in [5, 5.41) is 25.0. The van der Waals surface area contributed by atoms with Crippen molar-refractivity contribution >= 4 is 18.2 Å². The third-order valence-electron chi connectivity index (χ3n) is 12.8. The van der Waals surface area contributed by atoms with E-state index in [-0.39, 0.29) is 68.1 Å². The van der Waals surface area contributed by atoms with Gasteiger partial charge in [0.05, 0.1) is 41.5 Å². The zero-order chi connectivity index (χ0) is 31.1. The number of hydrogen-bond donors (Lipinski definition) is 2. The van der Waals surface area contributed by atoms with Crippen LogP contribution in [-0.4, -0.2) is 96.3 Å². The molecule has 0 aromatic rings. The van der Waals surface area contributed by atoms with Crippen LogP contribution in [0.5, 0.6) is 0 Å². The van der Waals surface area contributed by atoms with Gasteiger partial charge in [-0.2, -0.15) is 0 Å². The summed E-state index contributed by atoms with van der Waals surface area (Å²) in [5.74, 6) is -1.76. The Morgan fingerprint density at radius 2 is 1.91 bits per heavy atom. The summed E-state index contributed by atoms with van der Waals surface area (Å²) in [6.07, 6.45) is 5.69. The van der Waals surface area contributed by atoms with E-state index in [1.165, 1.54) is 13.0 Å². The second-order valence-electron chi connectivity index (χ2n) is 14.9. The Morgan fingerprint density at radius 3 is 2.64 bits per heavy atom. The molecule has 6 fully saturated rings. The quantitative estimate of drug-likeness (QED) is 0.334. The van der Waals surface area contributed by atoms with E-state index in [4.69, 9.17) is 28.4 Å². The molecular weight excluding hydrogens is 572 g/mol. The zero-order valence-electron chi connectivity index (χ0n) is 25.9. The summed E-state index contributed by atoms with van der Waals surface area (Å²) in [4.78, 5) is 37.4. The molecule has 4 saturated carbocycles. The van der Waals surface area contributed by atoms with E-state index in [1.807, 2.05) is 13.8 Å². The van der Waals surface area contributed by atoms with E-state index in [0.717, 1.165) is 18.3 Å². The van der Waals surface area contributed by atoms with E-state index >= 15 is 0 Å². The topological polar surface area (TPSA) is 147 Å². The van der Waals surface area contributed by atoms with Crippen LogP contribution in [-0.2, 0) is 42.8 Å². The summed E-state index contributed by atoms with van der Waals surface area (Å²) >= 11 is 0. The van der Waals surface area contributed by atoms with Gasteiger partial charge in [0.25, 0.3) is 0 Å².